The molecule has 0 aromatic heterocycles. The third kappa shape index (κ3) is 4.32. The molecule has 0 aliphatic rings. The molecule has 1 unspecified atom stereocenters. The van der Waals surface area contributed by atoms with Gasteiger partial charge in [-0.2, -0.15) is 0 Å². The molecule has 0 saturated carbocycles. The largest absolute Gasteiger partial charge is 0.467 e. The van der Waals surface area contributed by atoms with Crippen molar-refractivity contribution in [3.05, 3.63) is 29.6 Å². The highest BCUT2D eigenvalue weighted by molar-refractivity contribution is 5.36. The molecular weight excluding hydrogens is 221 g/mol. The zero-order chi connectivity index (χ0) is 12.7. The molecule has 0 fully saturated rings. The fourth-order valence-corrected chi connectivity index (χ4v) is 1.60. The second-order valence-electron chi connectivity index (χ2n) is 3.72. The van der Waals surface area contributed by atoms with Gasteiger partial charge in [0.2, 0.25) is 0 Å². The van der Waals surface area contributed by atoms with Crippen molar-refractivity contribution in [2.45, 2.75) is 26.8 Å². The first-order chi connectivity index (χ1) is 8.19. The molecule has 4 heteroatoms. The third-order valence-electron chi connectivity index (χ3n) is 2.45. The summed E-state index contributed by atoms with van der Waals surface area (Å²) in [5, 5.41) is 3.27. The van der Waals surface area contributed by atoms with E-state index in [-0.39, 0.29) is 18.7 Å². The van der Waals surface area contributed by atoms with Crippen LogP contribution in [0.5, 0.6) is 5.75 Å². The zero-order valence-corrected chi connectivity index (χ0v) is 10.6. The maximum atomic E-state index is 13.2. The second-order valence-corrected chi connectivity index (χ2v) is 3.72. The van der Waals surface area contributed by atoms with Crippen LogP contribution in [0, 0.1) is 5.82 Å². The first-order valence-electron chi connectivity index (χ1n) is 5.92. The maximum absolute atomic E-state index is 13.2. The molecule has 0 saturated heterocycles. The molecule has 3 nitrogen and oxygen atoms in total. The van der Waals surface area contributed by atoms with Crippen molar-refractivity contribution >= 4 is 0 Å². The number of rotatable bonds is 7. The summed E-state index contributed by atoms with van der Waals surface area (Å²) in [7, 11) is 0. The summed E-state index contributed by atoms with van der Waals surface area (Å²) in [6, 6.07) is 4.69. The van der Waals surface area contributed by atoms with E-state index in [1.807, 2.05) is 20.8 Å². The van der Waals surface area contributed by atoms with Gasteiger partial charge in [0.25, 0.3) is 0 Å². The fourth-order valence-electron chi connectivity index (χ4n) is 1.60. The van der Waals surface area contributed by atoms with Gasteiger partial charge in [0.1, 0.15) is 11.6 Å². The molecule has 0 bridgehead atoms. The number of hydrogen-bond acceptors (Lipinski definition) is 3. The van der Waals surface area contributed by atoms with Crippen molar-refractivity contribution in [1.82, 2.24) is 5.32 Å². The Labute approximate surface area is 102 Å². The number of nitrogens with one attached hydrogen (secondary N) is 1. The predicted octanol–water partition coefficient (Wildman–Crippen LogP) is 2.87. The smallest absolute Gasteiger partial charge is 0.189 e. The first kappa shape index (κ1) is 13.9. The lowest BCUT2D eigenvalue weighted by Crippen LogP contribution is -2.19. The second kappa shape index (κ2) is 7.25. The van der Waals surface area contributed by atoms with Crippen LogP contribution in [0.2, 0.25) is 0 Å². The molecule has 0 spiro atoms. The third-order valence-corrected chi connectivity index (χ3v) is 2.45. The SMILES string of the molecule is CCNC(C)c1ccc(F)cc1OCOCC. The van der Waals surface area contributed by atoms with E-state index in [0.29, 0.717) is 12.4 Å². The molecule has 1 aromatic rings. The highest BCUT2D eigenvalue weighted by Crippen LogP contribution is 2.26. The van der Waals surface area contributed by atoms with Gasteiger partial charge in [-0.05, 0) is 26.5 Å². The molecular formula is C13H20FNO2. The topological polar surface area (TPSA) is 30.5 Å². The summed E-state index contributed by atoms with van der Waals surface area (Å²) in [6.45, 7) is 7.50. The van der Waals surface area contributed by atoms with Crippen LogP contribution >= 0.6 is 0 Å². The Morgan fingerprint density at radius 2 is 2.12 bits per heavy atom. The van der Waals surface area contributed by atoms with Gasteiger partial charge < -0.3 is 14.8 Å². The van der Waals surface area contributed by atoms with Crippen LogP contribution in [0.3, 0.4) is 0 Å². The predicted molar refractivity (Wildman–Crippen MR) is 65.6 cm³/mol. The van der Waals surface area contributed by atoms with Gasteiger partial charge in [-0.15, -0.1) is 0 Å². The molecule has 1 atom stereocenters. The Kier molecular flexibility index (Phi) is 5.94. The van der Waals surface area contributed by atoms with Crippen molar-refractivity contribution in [3.8, 4) is 5.75 Å². The van der Waals surface area contributed by atoms with Gasteiger partial charge in [-0.25, -0.2) is 4.39 Å². The molecule has 0 heterocycles. The average Bonchev–Trinajstić information content (AvgIpc) is 2.30. The zero-order valence-electron chi connectivity index (χ0n) is 10.6. The van der Waals surface area contributed by atoms with Crippen LogP contribution < -0.4 is 10.1 Å². The summed E-state index contributed by atoms with van der Waals surface area (Å²) >= 11 is 0. The van der Waals surface area contributed by atoms with E-state index < -0.39 is 0 Å². The summed E-state index contributed by atoms with van der Waals surface area (Å²) < 4.78 is 23.7. The van der Waals surface area contributed by atoms with Crippen LogP contribution in [0.4, 0.5) is 4.39 Å². The molecule has 0 amide bonds. The lowest BCUT2D eigenvalue weighted by Gasteiger charge is -2.17. The van der Waals surface area contributed by atoms with E-state index >= 15 is 0 Å². The van der Waals surface area contributed by atoms with E-state index in [1.165, 1.54) is 12.1 Å². The molecule has 0 aliphatic heterocycles. The molecule has 0 aliphatic carbocycles. The van der Waals surface area contributed by atoms with Crippen molar-refractivity contribution in [2.24, 2.45) is 0 Å². The Morgan fingerprint density at radius 1 is 1.35 bits per heavy atom. The quantitative estimate of drug-likeness (QED) is 0.588. The monoisotopic (exact) mass is 241 g/mol. The number of benzene rings is 1. The van der Waals surface area contributed by atoms with Crippen molar-refractivity contribution in [2.75, 3.05) is 19.9 Å². The van der Waals surface area contributed by atoms with Crippen LogP contribution in [-0.4, -0.2) is 19.9 Å². The van der Waals surface area contributed by atoms with E-state index in [2.05, 4.69) is 5.32 Å². The minimum absolute atomic E-state index is 0.122. The minimum atomic E-state index is -0.302. The summed E-state index contributed by atoms with van der Waals surface area (Å²) in [5.74, 6) is 0.232. The van der Waals surface area contributed by atoms with Gasteiger partial charge in [-0.1, -0.05) is 13.0 Å². The van der Waals surface area contributed by atoms with E-state index in [0.717, 1.165) is 12.1 Å². The maximum Gasteiger partial charge on any atom is 0.189 e. The van der Waals surface area contributed by atoms with E-state index in [4.69, 9.17) is 9.47 Å². The average molecular weight is 241 g/mol. The molecule has 96 valence electrons. The fraction of sp³-hybridized carbons (Fsp3) is 0.538. The number of ether oxygens (including phenoxy) is 2. The Balaban J connectivity index is 2.79. The van der Waals surface area contributed by atoms with Gasteiger partial charge in [-0.3, -0.25) is 0 Å². The highest BCUT2D eigenvalue weighted by Gasteiger charge is 2.11. The Bertz CT molecular complexity index is 344. The lowest BCUT2D eigenvalue weighted by atomic mass is 10.1. The first-order valence-corrected chi connectivity index (χ1v) is 5.92. The summed E-state index contributed by atoms with van der Waals surface area (Å²) in [4.78, 5) is 0. The molecule has 1 aromatic carbocycles. The highest BCUT2D eigenvalue weighted by atomic mass is 19.1. The Morgan fingerprint density at radius 3 is 2.76 bits per heavy atom. The van der Waals surface area contributed by atoms with Crippen LogP contribution in [0.1, 0.15) is 32.4 Å². The van der Waals surface area contributed by atoms with Crippen LogP contribution in [0.15, 0.2) is 18.2 Å². The van der Waals surface area contributed by atoms with E-state index in [1.54, 1.807) is 6.07 Å². The number of halogens is 1. The summed E-state index contributed by atoms with van der Waals surface area (Å²) in [5.41, 5.74) is 0.938. The van der Waals surface area contributed by atoms with Crippen molar-refractivity contribution < 1.29 is 13.9 Å². The van der Waals surface area contributed by atoms with Crippen LogP contribution in [0.25, 0.3) is 0 Å². The lowest BCUT2D eigenvalue weighted by molar-refractivity contribution is 0.0214. The molecule has 0 radical (unpaired) electrons. The van der Waals surface area contributed by atoms with Gasteiger partial charge in [0.05, 0.1) is 0 Å². The van der Waals surface area contributed by atoms with Gasteiger partial charge >= 0.3 is 0 Å². The molecule has 1 N–H and O–H groups in total. The van der Waals surface area contributed by atoms with Crippen molar-refractivity contribution in [3.63, 3.8) is 0 Å². The normalized spacial score (nSPS) is 12.5. The molecule has 1 rings (SSSR count). The molecule has 17 heavy (non-hydrogen) atoms. The van der Waals surface area contributed by atoms with Gasteiger partial charge in [0, 0.05) is 24.3 Å². The minimum Gasteiger partial charge on any atom is -0.467 e. The van der Waals surface area contributed by atoms with Crippen LogP contribution in [-0.2, 0) is 4.74 Å². The standard InChI is InChI=1S/C13H20FNO2/c1-4-15-10(3)12-7-6-11(14)8-13(12)17-9-16-5-2/h6-8,10,15H,4-5,9H2,1-3H3. The summed E-state index contributed by atoms with van der Waals surface area (Å²) in [6.07, 6.45) is 0. The Hall–Kier alpha value is -1.13. The number of hydrogen-bond donors (Lipinski definition) is 1. The van der Waals surface area contributed by atoms with Gasteiger partial charge in [0.15, 0.2) is 6.79 Å². The van der Waals surface area contributed by atoms with E-state index in [9.17, 15) is 4.39 Å². The van der Waals surface area contributed by atoms with Crippen molar-refractivity contribution in [1.29, 1.82) is 0 Å².